The minimum absolute atomic E-state index is 0.109. The number of aryl methyl sites for hydroxylation is 1. The lowest BCUT2D eigenvalue weighted by atomic mass is 10.1. The van der Waals surface area contributed by atoms with Gasteiger partial charge in [-0.3, -0.25) is 0 Å². The van der Waals surface area contributed by atoms with Crippen LogP contribution in [0.4, 0.5) is 11.8 Å². The van der Waals surface area contributed by atoms with Crippen molar-refractivity contribution < 1.29 is 5.11 Å². The second kappa shape index (κ2) is 9.05. The summed E-state index contributed by atoms with van der Waals surface area (Å²) in [6.45, 7) is 14.2. The van der Waals surface area contributed by atoms with Gasteiger partial charge in [0.05, 0.1) is 12.1 Å². The summed E-state index contributed by atoms with van der Waals surface area (Å²) in [5, 5.41) is 17.1. The first-order chi connectivity index (χ1) is 13.0. The van der Waals surface area contributed by atoms with Gasteiger partial charge in [0.2, 0.25) is 5.95 Å². The van der Waals surface area contributed by atoms with Crippen LogP contribution >= 0.6 is 0 Å². The monoisotopic (exact) mass is 391 g/mol. The second-order valence-corrected chi connectivity index (χ2v) is 9.09. The van der Waals surface area contributed by atoms with E-state index in [1.54, 1.807) is 13.8 Å². The van der Waals surface area contributed by atoms with Crippen molar-refractivity contribution in [2.45, 2.75) is 84.9 Å². The zero-order valence-corrected chi connectivity index (χ0v) is 18.3. The van der Waals surface area contributed by atoms with Crippen LogP contribution in [-0.2, 0) is 13.0 Å². The molecule has 0 spiro atoms. The van der Waals surface area contributed by atoms with Gasteiger partial charge in [-0.2, -0.15) is 9.97 Å². The van der Waals surface area contributed by atoms with E-state index in [1.807, 2.05) is 4.57 Å². The number of unbranched alkanes of at least 4 members (excludes halogenated alkanes) is 1. The van der Waals surface area contributed by atoms with Crippen LogP contribution in [0.2, 0.25) is 0 Å². The molecule has 0 aliphatic heterocycles. The van der Waals surface area contributed by atoms with E-state index in [9.17, 15) is 5.11 Å². The predicted octanol–water partition coefficient (Wildman–Crippen LogP) is 2.71. The Morgan fingerprint density at radius 1 is 1.04 bits per heavy atom. The van der Waals surface area contributed by atoms with Crippen LogP contribution < -0.4 is 16.4 Å². The predicted molar refractivity (Wildman–Crippen MR) is 116 cm³/mol. The number of nitrogens with zero attached hydrogens (tertiary/aromatic N) is 4. The maximum absolute atomic E-state index is 10.4. The molecule has 2 aromatic heterocycles. The Bertz CT molecular complexity index is 771. The molecule has 5 N–H and O–H groups in total. The third kappa shape index (κ3) is 6.60. The van der Waals surface area contributed by atoms with Crippen LogP contribution in [0.25, 0.3) is 11.2 Å². The van der Waals surface area contributed by atoms with Crippen molar-refractivity contribution >= 4 is 22.9 Å². The zero-order valence-electron chi connectivity index (χ0n) is 18.3. The number of imidazole rings is 1. The van der Waals surface area contributed by atoms with Crippen LogP contribution in [0.15, 0.2) is 0 Å². The Balaban J connectivity index is 2.21. The van der Waals surface area contributed by atoms with Crippen molar-refractivity contribution in [1.82, 2.24) is 24.8 Å². The number of rotatable bonds is 10. The molecule has 0 saturated carbocycles. The van der Waals surface area contributed by atoms with Crippen LogP contribution in [0.3, 0.4) is 0 Å². The Labute approximate surface area is 168 Å². The van der Waals surface area contributed by atoms with Gasteiger partial charge in [0, 0.05) is 18.5 Å². The molecule has 0 aliphatic carbocycles. The minimum atomic E-state index is -0.874. The molecule has 8 nitrogen and oxygen atoms in total. The molecule has 0 bridgehead atoms. The first kappa shape index (κ1) is 22.4. The number of nitrogens with two attached hydrogens (primary N) is 1. The fourth-order valence-corrected chi connectivity index (χ4v) is 2.98. The van der Waals surface area contributed by atoms with Crippen LogP contribution in [0.1, 0.15) is 66.6 Å². The summed E-state index contributed by atoms with van der Waals surface area (Å²) in [5.41, 5.74) is 6.70. The molecule has 0 aliphatic rings. The molecule has 0 amide bonds. The SMILES string of the molecule is CCCCc1nc2c(N)nc(NCCCNC(C)(C)C)nc2n1CC(C)(C)O. The van der Waals surface area contributed by atoms with E-state index in [0.717, 1.165) is 44.6 Å². The molecule has 0 radical (unpaired) electrons. The molecule has 2 aromatic rings. The zero-order chi connectivity index (χ0) is 20.9. The standard InChI is InChI=1S/C20H37N7O/c1-7-8-10-14-24-15-16(21)25-18(22-11-9-12-23-19(2,3)4)26-17(15)27(14)13-20(5,6)28/h23,28H,7-13H2,1-6H3,(H3,21,22,25,26). The molecule has 158 valence electrons. The minimum Gasteiger partial charge on any atom is -0.389 e. The number of hydrogen-bond donors (Lipinski definition) is 4. The number of nitrogens with one attached hydrogen (secondary N) is 2. The van der Waals surface area contributed by atoms with Crippen molar-refractivity contribution in [3.05, 3.63) is 5.82 Å². The molecule has 0 aromatic carbocycles. The molecule has 0 unspecified atom stereocenters. The number of fused-ring (bicyclic) bond motifs is 1. The highest BCUT2D eigenvalue weighted by Crippen LogP contribution is 2.24. The van der Waals surface area contributed by atoms with E-state index < -0.39 is 5.60 Å². The van der Waals surface area contributed by atoms with Gasteiger partial charge in [-0.05, 0) is 54.0 Å². The Kier molecular flexibility index (Phi) is 7.22. The normalized spacial score (nSPS) is 12.7. The number of anilines is 2. The molecule has 0 atom stereocenters. The van der Waals surface area contributed by atoms with Crippen molar-refractivity contribution in [2.24, 2.45) is 0 Å². The third-order valence-corrected chi connectivity index (χ3v) is 4.29. The lowest BCUT2D eigenvalue weighted by Gasteiger charge is -2.20. The average Bonchev–Trinajstić information content (AvgIpc) is 2.88. The molecule has 2 rings (SSSR count). The summed E-state index contributed by atoms with van der Waals surface area (Å²) >= 11 is 0. The Morgan fingerprint density at radius 2 is 1.75 bits per heavy atom. The number of aromatic nitrogens is 4. The molecular formula is C20H37N7O. The second-order valence-electron chi connectivity index (χ2n) is 9.09. The van der Waals surface area contributed by atoms with Crippen LogP contribution in [-0.4, -0.2) is 48.9 Å². The molecule has 0 fully saturated rings. The maximum Gasteiger partial charge on any atom is 0.226 e. The first-order valence-electron chi connectivity index (χ1n) is 10.2. The summed E-state index contributed by atoms with van der Waals surface area (Å²) in [6.07, 6.45) is 3.86. The molecule has 8 heteroatoms. The van der Waals surface area contributed by atoms with Crippen molar-refractivity contribution in [3.8, 4) is 0 Å². The number of hydrogen-bond acceptors (Lipinski definition) is 7. The summed E-state index contributed by atoms with van der Waals surface area (Å²) in [4.78, 5) is 13.7. The fourth-order valence-electron chi connectivity index (χ4n) is 2.98. The highest BCUT2D eigenvalue weighted by Gasteiger charge is 2.22. The van der Waals surface area contributed by atoms with Crippen LogP contribution in [0, 0.1) is 0 Å². The quantitative estimate of drug-likeness (QED) is 0.460. The Morgan fingerprint density at radius 3 is 2.36 bits per heavy atom. The van der Waals surface area contributed by atoms with Gasteiger partial charge in [0.15, 0.2) is 17.0 Å². The Hall–Kier alpha value is -1.93. The van der Waals surface area contributed by atoms with Crippen LogP contribution in [0.5, 0.6) is 0 Å². The van der Waals surface area contributed by atoms with E-state index in [1.165, 1.54) is 0 Å². The van der Waals surface area contributed by atoms with Crippen molar-refractivity contribution in [1.29, 1.82) is 0 Å². The summed E-state index contributed by atoms with van der Waals surface area (Å²) < 4.78 is 1.98. The maximum atomic E-state index is 10.4. The van der Waals surface area contributed by atoms with Gasteiger partial charge in [-0.1, -0.05) is 13.3 Å². The topological polar surface area (TPSA) is 114 Å². The highest BCUT2D eigenvalue weighted by molar-refractivity contribution is 5.83. The van der Waals surface area contributed by atoms with Crippen molar-refractivity contribution in [2.75, 3.05) is 24.1 Å². The van der Waals surface area contributed by atoms with Gasteiger partial charge in [-0.15, -0.1) is 0 Å². The third-order valence-electron chi connectivity index (χ3n) is 4.29. The van der Waals surface area contributed by atoms with Crippen molar-refractivity contribution in [3.63, 3.8) is 0 Å². The smallest absolute Gasteiger partial charge is 0.226 e. The first-order valence-corrected chi connectivity index (χ1v) is 10.2. The fraction of sp³-hybridized carbons (Fsp3) is 0.750. The number of aliphatic hydroxyl groups is 1. The lowest BCUT2D eigenvalue weighted by molar-refractivity contribution is 0.0616. The largest absolute Gasteiger partial charge is 0.389 e. The molecular weight excluding hydrogens is 354 g/mol. The van der Waals surface area contributed by atoms with Gasteiger partial charge >= 0.3 is 0 Å². The van der Waals surface area contributed by atoms with E-state index in [4.69, 9.17) is 5.73 Å². The molecule has 28 heavy (non-hydrogen) atoms. The van der Waals surface area contributed by atoms with Gasteiger partial charge < -0.3 is 26.0 Å². The van der Waals surface area contributed by atoms with E-state index >= 15 is 0 Å². The van der Waals surface area contributed by atoms with E-state index in [2.05, 4.69) is 53.3 Å². The van der Waals surface area contributed by atoms with Gasteiger partial charge in [0.1, 0.15) is 5.82 Å². The summed E-state index contributed by atoms with van der Waals surface area (Å²) in [5.74, 6) is 1.76. The lowest BCUT2D eigenvalue weighted by Crippen LogP contribution is -2.36. The van der Waals surface area contributed by atoms with E-state index in [0.29, 0.717) is 29.5 Å². The number of nitrogen functional groups attached to an aromatic ring is 1. The summed E-state index contributed by atoms with van der Waals surface area (Å²) in [7, 11) is 0. The molecule has 0 saturated heterocycles. The van der Waals surface area contributed by atoms with Gasteiger partial charge in [0.25, 0.3) is 0 Å². The van der Waals surface area contributed by atoms with Gasteiger partial charge in [-0.25, -0.2) is 4.98 Å². The average molecular weight is 392 g/mol. The van der Waals surface area contributed by atoms with E-state index in [-0.39, 0.29) is 5.54 Å². The highest BCUT2D eigenvalue weighted by atomic mass is 16.3. The summed E-state index contributed by atoms with van der Waals surface area (Å²) in [6, 6.07) is 0. The molecule has 2 heterocycles.